The Morgan fingerprint density at radius 1 is 1.35 bits per heavy atom. The van der Waals surface area contributed by atoms with Gasteiger partial charge in [0.2, 0.25) is 0 Å². The number of ether oxygens (including phenoxy) is 1. The van der Waals surface area contributed by atoms with E-state index in [2.05, 4.69) is 21.4 Å². The minimum absolute atomic E-state index is 0.00634. The summed E-state index contributed by atoms with van der Waals surface area (Å²) in [4.78, 5) is 7.86. The maximum Gasteiger partial charge on any atom is 0.186 e. The van der Waals surface area contributed by atoms with E-state index in [1.165, 1.54) is 11.9 Å². The summed E-state index contributed by atoms with van der Waals surface area (Å²) in [5, 5.41) is 3.01. The highest BCUT2D eigenvalue weighted by molar-refractivity contribution is 5.40. The minimum atomic E-state index is -0.370. The van der Waals surface area contributed by atoms with Crippen LogP contribution < -0.4 is 10.1 Å². The number of aromatic nitrogens is 2. The zero-order valence-corrected chi connectivity index (χ0v) is 11.3. The van der Waals surface area contributed by atoms with Gasteiger partial charge in [0.1, 0.15) is 18.2 Å². The van der Waals surface area contributed by atoms with E-state index < -0.39 is 0 Å². The molecule has 0 spiro atoms. The number of fused-ring (bicyclic) bond motifs is 1. The molecule has 20 heavy (non-hydrogen) atoms. The Balaban J connectivity index is 1.64. The quantitative estimate of drug-likeness (QED) is 0.930. The lowest BCUT2D eigenvalue weighted by molar-refractivity contribution is 0.246. The number of halogens is 1. The predicted molar refractivity (Wildman–Crippen MR) is 74.4 cm³/mol. The zero-order valence-electron chi connectivity index (χ0n) is 11.3. The van der Waals surface area contributed by atoms with Crippen molar-refractivity contribution in [2.75, 3.05) is 11.9 Å². The molecular formula is C15H16FN3O. The van der Waals surface area contributed by atoms with Crippen molar-refractivity contribution >= 4 is 5.82 Å². The van der Waals surface area contributed by atoms with Gasteiger partial charge in [0.05, 0.1) is 12.2 Å². The number of rotatable bonds is 4. The second-order valence-corrected chi connectivity index (χ2v) is 4.77. The zero-order chi connectivity index (χ0) is 13.9. The SMILES string of the molecule is CCc1ncnc(NCC2Cc3ccccc3O2)c1F. The van der Waals surface area contributed by atoms with Gasteiger partial charge in [0, 0.05) is 6.42 Å². The molecule has 2 aromatic rings. The first-order valence-corrected chi connectivity index (χ1v) is 6.75. The van der Waals surface area contributed by atoms with E-state index >= 15 is 0 Å². The number of para-hydroxylation sites is 1. The standard InChI is InChI=1S/C15H16FN3O/c1-2-12-14(16)15(19-9-18-12)17-8-11-7-10-5-3-4-6-13(10)20-11/h3-6,9,11H,2,7-8H2,1H3,(H,17,18,19). The van der Waals surface area contributed by atoms with Gasteiger partial charge in [-0.15, -0.1) is 0 Å². The van der Waals surface area contributed by atoms with Gasteiger partial charge < -0.3 is 10.1 Å². The smallest absolute Gasteiger partial charge is 0.186 e. The molecule has 1 atom stereocenters. The molecule has 1 aliphatic heterocycles. The number of hydrogen-bond acceptors (Lipinski definition) is 4. The average molecular weight is 273 g/mol. The summed E-state index contributed by atoms with van der Waals surface area (Å²) in [5.74, 6) is 0.790. The topological polar surface area (TPSA) is 47.0 Å². The van der Waals surface area contributed by atoms with Crippen LogP contribution in [0.2, 0.25) is 0 Å². The minimum Gasteiger partial charge on any atom is -0.488 e. The first kappa shape index (κ1) is 12.8. The van der Waals surface area contributed by atoms with Crippen molar-refractivity contribution in [3.05, 3.63) is 47.7 Å². The summed E-state index contributed by atoms with van der Waals surface area (Å²) in [6, 6.07) is 7.95. The van der Waals surface area contributed by atoms with Crippen LogP contribution in [0.3, 0.4) is 0 Å². The van der Waals surface area contributed by atoms with Crippen LogP contribution in [0.4, 0.5) is 10.2 Å². The third-order valence-electron chi connectivity index (χ3n) is 3.41. The summed E-state index contributed by atoms with van der Waals surface area (Å²) >= 11 is 0. The Hall–Kier alpha value is -2.17. The molecule has 1 N–H and O–H groups in total. The largest absolute Gasteiger partial charge is 0.488 e. The maximum atomic E-state index is 14.0. The van der Waals surface area contributed by atoms with Crippen LogP contribution in [-0.2, 0) is 12.8 Å². The summed E-state index contributed by atoms with van der Waals surface area (Å²) in [6.07, 6.45) is 2.77. The van der Waals surface area contributed by atoms with Gasteiger partial charge in [-0.2, -0.15) is 0 Å². The Morgan fingerprint density at radius 3 is 3.00 bits per heavy atom. The lowest BCUT2D eigenvalue weighted by Gasteiger charge is -2.13. The van der Waals surface area contributed by atoms with Crippen molar-refractivity contribution in [2.45, 2.75) is 25.9 Å². The summed E-state index contributed by atoms with van der Waals surface area (Å²) in [6.45, 7) is 2.39. The van der Waals surface area contributed by atoms with Crippen LogP contribution in [0.1, 0.15) is 18.2 Å². The van der Waals surface area contributed by atoms with Gasteiger partial charge in [0.15, 0.2) is 11.6 Å². The molecule has 2 heterocycles. The summed E-state index contributed by atoms with van der Waals surface area (Å²) in [7, 11) is 0. The predicted octanol–water partition coefficient (Wildman–Crippen LogP) is 2.59. The molecule has 0 bridgehead atoms. The van der Waals surface area contributed by atoms with E-state index in [0.29, 0.717) is 18.7 Å². The number of hydrogen-bond donors (Lipinski definition) is 1. The van der Waals surface area contributed by atoms with Gasteiger partial charge in [-0.1, -0.05) is 25.1 Å². The third-order valence-corrected chi connectivity index (χ3v) is 3.41. The first-order chi connectivity index (χ1) is 9.78. The molecule has 0 aliphatic carbocycles. The van der Waals surface area contributed by atoms with Gasteiger partial charge in [-0.05, 0) is 18.1 Å². The lowest BCUT2D eigenvalue weighted by Crippen LogP contribution is -2.25. The molecule has 3 rings (SSSR count). The van der Waals surface area contributed by atoms with E-state index in [1.807, 2.05) is 25.1 Å². The van der Waals surface area contributed by atoms with Crippen molar-refractivity contribution in [1.29, 1.82) is 0 Å². The van der Waals surface area contributed by atoms with Gasteiger partial charge in [0.25, 0.3) is 0 Å². The second-order valence-electron chi connectivity index (χ2n) is 4.77. The molecule has 1 aromatic heterocycles. The van der Waals surface area contributed by atoms with E-state index in [1.54, 1.807) is 0 Å². The molecule has 1 unspecified atom stereocenters. The molecule has 0 fully saturated rings. The van der Waals surface area contributed by atoms with E-state index in [-0.39, 0.29) is 17.7 Å². The Labute approximate surface area is 117 Å². The van der Waals surface area contributed by atoms with Crippen molar-refractivity contribution in [3.8, 4) is 5.75 Å². The van der Waals surface area contributed by atoms with Gasteiger partial charge in [-0.25, -0.2) is 14.4 Å². The average Bonchev–Trinajstić information content (AvgIpc) is 2.89. The molecule has 0 saturated carbocycles. The molecule has 1 aliphatic rings. The Kier molecular flexibility index (Phi) is 3.50. The number of aryl methyl sites for hydroxylation is 1. The van der Waals surface area contributed by atoms with Crippen molar-refractivity contribution in [1.82, 2.24) is 9.97 Å². The fraction of sp³-hybridized carbons (Fsp3) is 0.333. The molecule has 1 aromatic carbocycles. The fourth-order valence-electron chi connectivity index (χ4n) is 2.35. The van der Waals surface area contributed by atoms with Crippen LogP contribution in [0.25, 0.3) is 0 Å². The van der Waals surface area contributed by atoms with Crippen LogP contribution >= 0.6 is 0 Å². The summed E-state index contributed by atoms with van der Waals surface area (Å²) < 4.78 is 19.8. The van der Waals surface area contributed by atoms with E-state index in [9.17, 15) is 4.39 Å². The monoisotopic (exact) mass is 273 g/mol. The molecule has 5 heteroatoms. The second kappa shape index (κ2) is 5.45. The van der Waals surface area contributed by atoms with Crippen LogP contribution in [0.15, 0.2) is 30.6 Å². The van der Waals surface area contributed by atoms with Gasteiger partial charge in [-0.3, -0.25) is 0 Å². The third kappa shape index (κ3) is 2.43. The van der Waals surface area contributed by atoms with Crippen LogP contribution in [0.5, 0.6) is 5.75 Å². The number of benzene rings is 1. The highest BCUT2D eigenvalue weighted by Crippen LogP contribution is 2.28. The van der Waals surface area contributed by atoms with E-state index in [0.717, 1.165) is 12.2 Å². The van der Waals surface area contributed by atoms with Crippen molar-refractivity contribution in [2.24, 2.45) is 0 Å². The highest BCUT2D eigenvalue weighted by Gasteiger charge is 2.22. The highest BCUT2D eigenvalue weighted by atomic mass is 19.1. The number of nitrogens with zero attached hydrogens (tertiary/aromatic N) is 2. The normalized spacial score (nSPS) is 16.6. The van der Waals surface area contributed by atoms with Gasteiger partial charge >= 0.3 is 0 Å². The molecule has 4 nitrogen and oxygen atoms in total. The fourth-order valence-corrected chi connectivity index (χ4v) is 2.35. The number of anilines is 1. The number of nitrogens with one attached hydrogen (secondary N) is 1. The van der Waals surface area contributed by atoms with Crippen molar-refractivity contribution in [3.63, 3.8) is 0 Å². The lowest BCUT2D eigenvalue weighted by atomic mass is 10.1. The van der Waals surface area contributed by atoms with Crippen molar-refractivity contribution < 1.29 is 9.13 Å². The van der Waals surface area contributed by atoms with E-state index in [4.69, 9.17) is 4.74 Å². The summed E-state index contributed by atoms with van der Waals surface area (Å²) in [5.41, 5.74) is 1.62. The molecule has 0 saturated heterocycles. The molecule has 104 valence electrons. The first-order valence-electron chi connectivity index (χ1n) is 6.75. The maximum absolute atomic E-state index is 14.0. The molecule has 0 radical (unpaired) electrons. The molecular weight excluding hydrogens is 257 g/mol. The Morgan fingerprint density at radius 2 is 2.20 bits per heavy atom. The Bertz CT molecular complexity index is 593. The van der Waals surface area contributed by atoms with Crippen LogP contribution in [0, 0.1) is 5.82 Å². The van der Waals surface area contributed by atoms with Crippen LogP contribution in [-0.4, -0.2) is 22.6 Å². The molecule has 0 amide bonds.